The number of rotatable bonds is 10. The van der Waals surface area contributed by atoms with Gasteiger partial charge in [0.15, 0.2) is 33.3 Å². The zero-order valence-electron chi connectivity index (χ0n) is 29.6. The lowest BCUT2D eigenvalue weighted by molar-refractivity contribution is -0.176. The first kappa shape index (κ1) is 34.6. The van der Waals surface area contributed by atoms with Gasteiger partial charge in [0.05, 0.1) is 12.7 Å². The Kier molecular flexibility index (Phi) is 9.96. The molecule has 0 aliphatic heterocycles. The molecular formula is C33H68O4Si4. The van der Waals surface area contributed by atoms with Crippen LogP contribution in [-0.4, -0.2) is 58.2 Å². The minimum absolute atomic E-state index is 0.216. The lowest BCUT2D eigenvalue weighted by Crippen LogP contribution is -2.62. The fourth-order valence-corrected chi connectivity index (χ4v) is 14.3. The van der Waals surface area contributed by atoms with E-state index < -0.39 is 33.3 Å². The van der Waals surface area contributed by atoms with Crippen molar-refractivity contribution in [3.63, 3.8) is 0 Å². The molecule has 0 N–H and O–H groups in total. The van der Waals surface area contributed by atoms with E-state index in [9.17, 15) is 0 Å². The smallest absolute Gasteiger partial charge is 0.184 e. The molecule has 4 nitrogen and oxygen atoms in total. The zero-order chi connectivity index (χ0) is 30.8. The molecule has 41 heavy (non-hydrogen) atoms. The standard InChI is InChI=1S/C33H68O4Si4/c1-32-20-19-25(35-39(6,7)8)21-24(32)15-16-26-27-17-18-28(30(37-41(12,13)14)23-34-38(3,4)5)33(27,2)22-29(31(26)32)36-40(9,10)11/h24-31H,15-23H2,1-14H3/t24-,25-,26+,27+,28-,29+,30+,31-,32+,33+/m1/s1. The van der Waals surface area contributed by atoms with Crippen molar-refractivity contribution in [2.24, 2.45) is 40.4 Å². The Morgan fingerprint density at radius 3 is 1.88 bits per heavy atom. The van der Waals surface area contributed by atoms with Gasteiger partial charge in [-0.3, -0.25) is 0 Å². The molecule has 4 rings (SSSR count). The van der Waals surface area contributed by atoms with E-state index in [1.807, 2.05) is 0 Å². The van der Waals surface area contributed by atoms with Crippen molar-refractivity contribution in [3.8, 4) is 0 Å². The van der Waals surface area contributed by atoms with Gasteiger partial charge in [0.25, 0.3) is 0 Å². The predicted octanol–water partition coefficient (Wildman–Crippen LogP) is 9.77. The normalized spacial score (nSPS) is 41.0. The molecule has 4 saturated carbocycles. The zero-order valence-corrected chi connectivity index (χ0v) is 33.6. The third-order valence-corrected chi connectivity index (χ3v) is 15.3. The SMILES string of the molecule is C[C@]12CC[C@@H](O[Si](C)(C)C)C[C@H]1CC[C@@H]1[C@@H]2[C@@H](O[Si](C)(C)C)C[C@]2(C)[C@@H]([C@H](CO[Si](C)(C)C)O[Si](C)(C)C)CC[C@@H]12. The largest absolute Gasteiger partial charge is 0.415 e. The van der Waals surface area contributed by atoms with Gasteiger partial charge in [-0.25, -0.2) is 0 Å². The second kappa shape index (κ2) is 11.8. The van der Waals surface area contributed by atoms with Crippen LogP contribution in [0.3, 0.4) is 0 Å². The van der Waals surface area contributed by atoms with Crippen molar-refractivity contribution >= 4 is 33.3 Å². The van der Waals surface area contributed by atoms with Crippen molar-refractivity contribution in [2.75, 3.05) is 6.61 Å². The van der Waals surface area contributed by atoms with E-state index in [1.54, 1.807) is 0 Å². The summed E-state index contributed by atoms with van der Waals surface area (Å²) in [7, 11) is -6.60. The quantitative estimate of drug-likeness (QED) is 0.223. The van der Waals surface area contributed by atoms with Crippen LogP contribution in [0.1, 0.15) is 65.2 Å². The van der Waals surface area contributed by atoms with Crippen LogP contribution in [0.15, 0.2) is 0 Å². The molecule has 0 bridgehead atoms. The van der Waals surface area contributed by atoms with Crippen LogP contribution in [-0.2, 0) is 17.7 Å². The maximum absolute atomic E-state index is 7.34. The number of hydrogen-bond donors (Lipinski definition) is 0. The van der Waals surface area contributed by atoms with Gasteiger partial charge in [-0.15, -0.1) is 0 Å². The summed E-state index contributed by atoms with van der Waals surface area (Å²) in [5.74, 6) is 3.60. The number of hydrogen-bond acceptors (Lipinski definition) is 4. The van der Waals surface area contributed by atoms with E-state index in [1.165, 1.54) is 51.4 Å². The van der Waals surface area contributed by atoms with Gasteiger partial charge in [0.2, 0.25) is 0 Å². The van der Waals surface area contributed by atoms with E-state index >= 15 is 0 Å². The lowest BCUT2D eigenvalue weighted by atomic mass is 9.43. The van der Waals surface area contributed by atoms with E-state index in [0.717, 1.165) is 24.4 Å². The van der Waals surface area contributed by atoms with Gasteiger partial charge in [-0.2, -0.15) is 0 Å². The van der Waals surface area contributed by atoms with Crippen molar-refractivity contribution in [1.29, 1.82) is 0 Å². The topological polar surface area (TPSA) is 36.9 Å². The van der Waals surface area contributed by atoms with Crippen molar-refractivity contribution in [3.05, 3.63) is 0 Å². The summed E-state index contributed by atoms with van der Waals surface area (Å²) in [5.41, 5.74) is 0.640. The fraction of sp³-hybridized carbons (Fsp3) is 1.00. The van der Waals surface area contributed by atoms with Gasteiger partial charge in [-0.05, 0) is 170 Å². The summed E-state index contributed by atoms with van der Waals surface area (Å²) in [6.07, 6.45) is 11.5. The molecule has 0 heterocycles. The first-order valence-electron chi connectivity index (χ1n) is 17.2. The van der Waals surface area contributed by atoms with Crippen LogP contribution in [0.2, 0.25) is 78.6 Å². The first-order chi connectivity index (χ1) is 18.5. The minimum Gasteiger partial charge on any atom is -0.415 e. The summed E-state index contributed by atoms with van der Waals surface area (Å²) in [5, 5.41) is 0. The summed E-state index contributed by atoms with van der Waals surface area (Å²) >= 11 is 0. The maximum Gasteiger partial charge on any atom is 0.184 e. The van der Waals surface area contributed by atoms with Gasteiger partial charge < -0.3 is 17.7 Å². The average Bonchev–Trinajstić information content (AvgIpc) is 3.10. The van der Waals surface area contributed by atoms with Crippen LogP contribution in [0.25, 0.3) is 0 Å². The molecular weight excluding hydrogens is 573 g/mol. The Morgan fingerprint density at radius 1 is 0.683 bits per heavy atom. The summed E-state index contributed by atoms with van der Waals surface area (Å²) in [6, 6.07) is 0. The Bertz CT molecular complexity index is 903. The van der Waals surface area contributed by atoms with E-state index in [0.29, 0.717) is 29.5 Å². The molecule has 0 spiro atoms. The molecule has 0 amide bonds. The minimum atomic E-state index is -1.72. The second-order valence-electron chi connectivity index (χ2n) is 19.1. The van der Waals surface area contributed by atoms with E-state index in [-0.39, 0.29) is 11.5 Å². The summed E-state index contributed by atoms with van der Waals surface area (Å²) < 4.78 is 27.7. The van der Waals surface area contributed by atoms with Gasteiger partial charge >= 0.3 is 0 Å². The predicted molar refractivity (Wildman–Crippen MR) is 185 cm³/mol. The molecule has 4 aliphatic carbocycles. The van der Waals surface area contributed by atoms with Gasteiger partial charge in [0, 0.05) is 12.2 Å². The van der Waals surface area contributed by atoms with Crippen molar-refractivity contribution in [1.82, 2.24) is 0 Å². The highest BCUT2D eigenvalue weighted by Gasteiger charge is 2.65. The molecule has 4 fully saturated rings. The second-order valence-corrected chi connectivity index (χ2v) is 37.0. The molecule has 0 aromatic rings. The molecule has 4 aliphatic rings. The van der Waals surface area contributed by atoms with Crippen LogP contribution in [0, 0.1) is 40.4 Å². The highest BCUT2D eigenvalue weighted by molar-refractivity contribution is 6.70. The fourth-order valence-electron chi connectivity index (χ4n) is 10.1. The monoisotopic (exact) mass is 640 g/mol. The van der Waals surface area contributed by atoms with Crippen molar-refractivity contribution in [2.45, 2.75) is 162 Å². The van der Waals surface area contributed by atoms with Crippen LogP contribution in [0.4, 0.5) is 0 Å². The summed E-state index contributed by atoms with van der Waals surface area (Å²) in [4.78, 5) is 0. The molecule has 0 aromatic heterocycles. The molecule has 10 atom stereocenters. The van der Waals surface area contributed by atoms with Gasteiger partial charge in [0.1, 0.15) is 0 Å². The Morgan fingerprint density at radius 2 is 1.32 bits per heavy atom. The molecule has 0 saturated heterocycles. The molecule has 0 unspecified atom stereocenters. The van der Waals surface area contributed by atoms with Crippen LogP contribution >= 0.6 is 0 Å². The lowest BCUT2D eigenvalue weighted by Gasteiger charge is -2.64. The molecule has 8 heteroatoms. The Balaban J connectivity index is 1.65. The van der Waals surface area contributed by atoms with Gasteiger partial charge in [-0.1, -0.05) is 13.8 Å². The highest BCUT2D eigenvalue weighted by Crippen LogP contribution is 2.68. The molecule has 240 valence electrons. The number of fused-ring (bicyclic) bond motifs is 5. The molecule has 0 radical (unpaired) electrons. The van der Waals surface area contributed by atoms with Crippen LogP contribution in [0.5, 0.6) is 0 Å². The molecule has 0 aromatic carbocycles. The third kappa shape index (κ3) is 8.11. The van der Waals surface area contributed by atoms with Crippen molar-refractivity contribution < 1.29 is 17.7 Å². The third-order valence-electron chi connectivity index (χ3n) is 11.3. The van der Waals surface area contributed by atoms with E-state index in [2.05, 4.69) is 92.4 Å². The maximum atomic E-state index is 7.34. The highest BCUT2D eigenvalue weighted by atomic mass is 28.4. The Hall–Kier alpha value is 0.708. The first-order valence-corrected chi connectivity index (χ1v) is 30.8. The Labute approximate surface area is 259 Å². The average molecular weight is 641 g/mol. The summed E-state index contributed by atoms with van der Waals surface area (Å²) in [6.45, 7) is 34.5. The van der Waals surface area contributed by atoms with E-state index in [4.69, 9.17) is 17.7 Å². The van der Waals surface area contributed by atoms with Crippen LogP contribution < -0.4 is 0 Å².